The number of carbonyl (C=O) groups excluding carboxylic acids is 8. The van der Waals surface area contributed by atoms with Crippen molar-refractivity contribution in [3.05, 3.63) is 18.2 Å². The number of imidazole rings is 1. The number of Topliss-reactive ketones (excluding diaryl/α,β-unsaturated/α-hetero) is 1. The lowest BCUT2D eigenvalue weighted by molar-refractivity contribution is -0.145. The van der Waals surface area contributed by atoms with Gasteiger partial charge in [0.05, 0.1) is 12.4 Å². The van der Waals surface area contributed by atoms with Crippen LogP contribution in [0.5, 0.6) is 0 Å². The number of carbonyl (C=O) groups is 11. The Bertz CT molecular complexity index is 1720. The van der Waals surface area contributed by atoms with Crippen LogP contribution >= 0.6 is 0 Å². The third kappa shape index (κ3) is 16.2. The highest BCUT2D eigenvalue weighted by atomic mass is 16.4. The number of hydrogen-bond donors (Lipinski definition) is 10. The van der Waals surface area contributed by atoms with E-state index >= 15 is 0 Å². The lowest BCUT2D eigenvalue weighted by Crippen LogP contribution is -2.60. The minimum atomic E-state index is -1.59. The quantitative estimate of drug-likeness (QED) is 0.0450. The Labute approximate surface area is 338 Å². The molecule has 23 nitrogen and oxygen atoms in total. The SMILES string of the molecule is CCC[C@H](NC(=O)[C@@H]1CCCN1C(=O)[C@@H](NC(=O)[C@H](Cc1cnc[nH]1)NC(=O)[C@H](CCC(=O)O)NC(=O)[C@H](CCC(=O)O)NC(C)=O)C(C)C)C(=O)C(=O)NCC(=O)O. The first kappa shape index (κ1) is 48.7. The summed E-state index contributed by atoms with van der Waals surface area (Å²) < 4.78 is 0. The summed E-state index contributed by atoms with van der Waals surface area (Å²) in [6.45, 7) is 5.31. The van der Waals surface area contributed by atoms with Crippen LogP contribution in [0.15, 0.2) is 12.5 Å². The van der Waals surface area contributed by atoms with Gasteiger partial charge in [-0.05, 0) is 38.0 Å². The molecule has 23 heteroatoms. The van der Waals surface area contributed by atoms with Crippen molar-refractivity contribution in [2.24, 2.45) is 5.92 Å². The number of carboxylic acid groups (broad SMARTS) is 3. The van der Waals surface area contributed by atoms with Gasteiger partial charge in [-0.2, -0.15) is 0 Å². The van der Waals surface area contributed by atoms with Gasteiger partial charge >= 0.3 is 17.9 Å². The van der Waals surface area contributed by atoms with Gasteiger partial charge in [0.15, 0.2) is 0 Å². The third-order valence-corrected chi connectivity index (χ3v) is 9.14. The molecule has 0 bridgehead atoms. The minimum absolute atomic E-state index is 0.0430. The summed E-state index contributed by atoms with van der Waals surface area (Å²) in [5.41, 5.74) is 0.354. The normalized spacial score (nSPS) is 16.0. The number of carboxylic acids is 3. The molecule has 0 aliphatic carbocycles. The maximum absolute atomic E-state index is 14.1. The van der Waals surface area contributed by atoms with E-state index in [1.807, 2.05) is 5.32 Å². The van der Waals surface area contributed by atoms with E-state index in [-0.39, 0.29) is 32.2 Å². The van der Waals surface area contributed by atoms with E-state index in [1.54, 1.807) is 20.8 Å². The maximum Gasteiger partial charge on any atom is 0.322 e. The van der Waals surface area contributed by atoms with Crippen molar-refractivity contribution in [3.63, 3.8) is 0 Å². The van der Waals surface area contributed by atoms with Gasteiger partial charge in [0.25, 0.3) is 5.91 Å². The number of ketones is 1. The molecule has 0 unspecified atom stereocenters. The minimum Gasteiger partial charge on any atom is -0.481 e. The second-order valence-corrected chi connectivity index (χ2v) is 14.2. The Hall–Kier alpha value is -6.42. The average Bonchev–Trinajstić information content (AvgIpc) is 3.87. The Morgan fingerprint density at radius 3 is 1.86 bits per heavy atom. The Morgan fingerprint density at radius 1 is 0.780 bits per heavy atom. The number of aromatic amines is 1. The second-order valence-electron chi connectivity index (χ2n) is 14.2. The van der Waals surface area contributed by atoms with Crippen molar-refractivity contribution < 1.29 is 68.1 Å². The molecule has 1 aliphatic rings. The first-order valence-electron chi connectivity index (χ1n) is 19.0. The van der Waals surface area contributed by atoms with Gasteiger partial charge in [-0.25, -0.2) is 4.98 Å². The van der Waals surface area contributed by atoms with E-state index < -0.39 is 133 Å². The van der Waals surface area contributed by atoms with Crippen LogP contribution in [0, 0.1) is 5.92 Å². The molecule has 0 spiro atoms. The number of hydrogen-bond acceptors (Lipinski definition) is 12. The average molecular weight is 836 g/mol. The van der Waals surface area contributed by atoms with Gasteiger partial charge in [-0.15, -0.1) is 0 Å². The van der Waals surface area contributed by atoms with E-state index in [9.17, 15) is 57.8 Å². The summed E-state index contributed by atoms with van der Waals surface area (Å²) in [5, 5.41) is 41.5. The summed E-state index contributed by atoms with van der Waals surface area (Å²) in [5.74, 6) is -11.8. The smallest absolute Gasteiger partial charge is 0.322 e. The van der Waals surface area contributed by atoms with Crippen LogP contribution < -0.4 is 31.9 Å². The van der Waals surface area contributed by atoms with Gasteiger partial charge in [0, 0.05) is 44.6 Å². The number of aliphatic carboxylic acids is 3. The van der Waals surface area contributed by atoms with Crippen molar-refractivity contribution in [2.45, 2.75) is 122 Å². The topological polar surface area (TPSA) is 353 Å². The summed E-state index contributed by atoms with van der Waals surface area (Å²) >= 11 is 0. The number of nitrogens with zero attached hydrogens (tertiary/aromatic N) is 2. The van der Waals surface area contributed by atoms with Crippen LogP contribution in [-0.4, -0.2) is 145 Å². The zero-order chi connectivity index (χ0) is 44.4. The highest BCUT2D eigenvalue weighted by Crippen LogP contribution is 2.21. The van der Waals surface area contributed by atoms with E-state index in [4.69, 9.17) is 10.2 Å². The van der Waals surface area contributed by atoms with E-state index in [0.717, 1.165) is 6.92 Å². The van der Waals surface area contributed by atoms with Crippen LogP contribution in [0.2, 0.25) is 0 Å². The van der Waals surface area contributed by atoms with Gasteiger partial charge in [0.1, 0.15) is 36.8 Å². The number of aromatic nitrogens is 2. The Morgan fingerprint density at radius 2 is 1.36 bits per heavy atom. The molecule has 1 fully saturated rings. The van der Waals surface area contributed by atoms with Gasteiger partial charge in [-0.3, -0.25) is 52.7 Å². The summed E-state index contributed by atoms with van der Waals surface area (Å²) in [6, 6.07) is -8.15. The van der Waals surface area contributed by atoms with E-state index in [1.165, 1.54) is 17.4 Å². The molecule has 6 atom stereocenters. The molecule has 0 radical (unpaired) electrons. The van der Waals surface area contributed by atoms with Crippen molar-refractivity contribution in [2.75, 3.05) is 13.1 Å². The molecule has 326 valence electrons. The predicted molar refractivity (Wildman–Crippen MR) is 201 cm³/mol. The van der Waals surface area contributed by atoms with Crippen LogP contribution in [-0.2, 0) is 59.2 Å². The fourth-order valence-electron chi connectivity index (χ4n) is 6.16. The van der Waals surface area contributed by atoms with Crippen LogP contribution in [0.4, 0.5) is 0 Å². The molecule has 1 aromatic rings. The molecular formula is C36H53N9O14. The fourth-order valence-corrected chi connectivity index (χ4v) is 6.16. The molecule has 10 N–H and O–H groups in total. The molecule has 0 saturated carbocycles. The van der Waals surface area contributed by atoms with E-state index in [0.29, 0.717) is 18.5 Å². The highest BCUT2D eigenvalue weighted by molar-refractivity contribution is 6.38. The lowest BCUT2D eigenvalue weighted by atomic mass is 10.0. The monoisotopic (exact) mass is 835 g/mol. The van der Waals surface area contributed by atoms with Crippen LogP contribution in [0.25, 0.3) is 0 Å². The van der Waals surface area contributed by atoms with Gasteiger partial charge in [-0.1, -0.05) is 27.2 Å². The number of H-pyrrole nitrogens is 1. The van der Waals surface area contributed by atoms with Crippen molar-refractivity contribution in [1.82, 2.24) is 46.8 Å². The summed E-state index contributed by atoms with van der Waals surface area (Å²) in [4.78, 5) is 147. The molecule has 59 heavy (non-hydrogen) atoms. The number of nitrogens with one attached hydrogen (secondary N) is 7. The molecule has 1 saturated heterocycles. The number of amides is 7. The van der Waals surface area contributed by atoms with Gasteiger partial charge in [0.2, 0.25) is 41.2 Å². The number of likely N-dealkylation sites (tertiary alicyclic amines) is 1. The summed E-state index contributed by atoms with van der Waals surface area (Å²) in [6.07, 6.45) is 1.43. The van der Waals surface area contributed by atoms with Crippen molar-refractivity contribution >= 4 is 65.0 Å². The van der Waals surface area contributed by atoms with Crippen LogP contribution in [0.3, 0.4) is 0 Å². The maximum atomic E-state index is 14.1. The van der Waals surface area contributed by atoms with Crippen LogP contribution in [0.1, 0.15) is 84.8 Å². The highest BCUT2D eigenvalue weighted by Gasteiger charge is 2.41. The fraction of sp³-hybridized carbons (Fsp3) is 0.611. The molecule has 2 rings (SSSR count). The number of rotatable bonds is 25. The molecule has 2 heterocycles. The first-order chi connectivity index (χ1) is 27.7. The molecule has 0 aromatic carbocycles. The zero-order valence-electron chi connectivity index (χ0n) is 33.2. The summed E-state index contributed by atoms with van der Waals surface area (Å²) in [7, 11) is 0. The predicted octanol–water partition coefficient (Wildman–Crippen LogP) is -2.66. The largest absolute Gasteiger partial charge is 0.481 e. The zero-order valence-corrected chi connectivity index (χ0v) is 33.2. The third-order valence-electron chi connectivity index (χ3n) is 9.14. The molecule has 1 aliphatic heterocycles. The Kier molecular flexibility index (Phi) is 19.6. The first-order valence-corrected chi connectivity index (χ1v) is 19.0. The lowest BCUT2D eigenvalue weighted by Gasteiger charge is -2.32. The molecular weight excluding hydrogens is 782 g/mol. The standard InChI is InChI=1S/C36H53N9O14/c1-5-7-21(30(53)35(58)38-16-28(51)52)41-34(57)25-8-6-13-45(25)36(59)29(18(2)3)44-33(56)24(14-20-15-37-17-39-20)43-32(55)23(10-12-27(49)50)42-31(54)22(40-19(4)46)9-11-26(47)48/h15,17-18,21-25,29H,5-14,16H2,1-4H3,(H,37,39)(H,38,58)(H,40,46)(H,41,57)(H,42,54)(H,43,55)(H,44,56)(H,47,48)(H,49,50)(H,51,52)/t21-,22-,23-,24-,25-,29-/m0/s1. The van der Waals surface area contributed by atoms with Crippen molar-refractivity contribution in [1.29, 1.82) is 0 Å². The molecule has 1 aromatic heterocycles. The second kappa shape index (κ2) is 23.7. The molecule has 7 amide bonds. The Balaban J connectivity index is 2.33. The van der Waals surface area contributed by atoms with Gasteiger partial charge < -0.3 is 57.1 Å². The van der Waals surface area contributed by atoms with E-state index in [2.05, 4.69) is 36.6 Å². The van der Waals surface area contributed by atoms with Crippen molar-refractivity contribution in [3.8, 4) is 0 Å².